The van der Waals surface area contributed by atoms with Crippen molar-refractivity contribution >= 4 is 29.5 Å². The molecule has 234 valence electrons. The number of likely N-dealkylation sites (tertiary alicyclic amines) is 1. The van der Waals surface area contributed by atoms with E-state index in [1.807, 2.05) is 0 Å². The summed E-state index contributed by atoms with van der Waals surface area (Å²) in [5.74, 6) is -1.75. The lowest BCUT2D eigenvalue weighted by atomic mass is 9.78. The Labute approximate surface area is 253 Å². The SMILES string of the molecule is CC1(CCS(=O)(=O)c2ccc(S(C)(=O)=O)cc2)CCN(CCC(c2ccc(S(C)(=O)=O)cc2)c2cc(F)cc(F)c2)CC1. The second-order valence-electron chi connectivity index (χ2n) is 11.8. The maximum Gasteiger partial charge on any atom is 0.178 e. The first-order chi connectivity index (χ1) is 20.0. The van der Waals surface area contributed by atoms with Crippen molar-refractivity contribution in [3.05, 3.63) is 89.5 Å². The molecule has 0 aliphatic carbocycles. The molecule has 4 rings (SSSR count). The monoisotopic (exact) mass is 653 g/mol. The maximum absolute atomic E-state index is 14.1. The van der Waals surface area contributed by atoms with Crippen molar-refractivity contribution < 1.29 is 34.0 Å². The molecule has 0 bridgehead atoms. The number of hydrogen-bond acceptors (Lipinski definition) is 7. The number of hydrogen-bond donors (Lipinski definition) is 0. The zero-order valence-electron chi connectivity index (χ0n) is 24.5. The van der Waals surface area contributed by atoms with Gasteiger partial charge in [0.25, 0.3) is 0 Å². The van der Waals surface area contributed by atoms with Crippen LogP contribution in [0.4, 0.5) is 8.78 Å². The smallest absolute Gasteiger partial charge is 0.178 e. The maximum atomic E-state index is 14.1. The van der Waals surface area contributed by atoms with Gasteiger partial charge in [0.2, 0.25) is 0 Å². The standard InChI is InChI=1S/C31H37F2NO6S3/c1-31(15-19-43(39,40)29-10-8-28(9-11-29)42(3,37)38)13-17-34(18-14-31)16-12-30(24-20-25(32)22-26(33)21-24)23-4-6-27(7-5-23)41(2,35)36/h4-11,20-22,30H,12-19H2,1-3H3. The minimum atomic E-state index is -3.58. The van der Waals surface area contributed by atoms with E-state index in [2.05, 4.69) is 11.8 Å². The van der Waals surface area contributed by atoms with Crippen molar-refractivity contribution in [2.75, 3.05) is 37.9 Å². The van der Waals surface area contributed by atoms with Crippen molar-refractivity contribution in [3.8, 4) is 0 Å². The molecule has 1 unspecified atom stereocenters. The summed E-state index contributed by atoms with van der Waals surface area (Å²) >= 11 is 0. The molecule has 0 N–H and O–H groups in total. The van der Waals surface area contributed by atoms with Crippen LogP contribution < -0.4 is 0 Å². The quantitative estimate of drug-likeness (QED) is 0.278. The molecule has 0 aromatic heterocycles. The van der Waals surface area contributed by atoms with Gasteiger partial charge in [-0.1, -0.05) is 19.1 Å². The van der Waals surface area contributed by atoms with Crippen LogP contribution in [0.5, 0.6) is 0 Å². The van der Waals surface area contributed by atoms with Gasteiger partial charge in [-0.05, 0) is 110 Å². The van der Waals surface area contributed by atoms with Gasteiger partial charge in [0.05, 0.1) is 20.4 Å². The highest BCUT2D eigenvalue weighted by atomic mass is 32.2. The van der Waals surface area contributed by atoms with Crippen LogP contribution in [0, 0.1) is 17.0 Å². The summed E-state index contributed by atoms with van der Waals surface area (Å²) in [4.78, 5) is 2.60. The predicted octanol–water partition coefficient (Wildman–Crippen LogP) is 5.26. The highest BCUT2D eigenvalue weighted by molar-refractivity contribution is 7.91. The predicted molar refractivity (Wildman–Crippen MR) is 162 cm³/mol. The fourth-order valence-electron chi connectivity index (χ4n) is 5.52. The van der Waals surface area contributed by atoms with E-state index in [0.717, 1.165) is 50.1 Å². The van der Waals surface area contributed by atoms with Gasteiger partial charge in [-0.2, -0.15) is 0 Å². The Bertz CT molecular complexity index is 1750. The molecule has 0 spiro atoms. The molecular formula is C31H37F2NO6S3. The zero-order valence-corrected chi connectivity index (χ0v) is 26.9. The third-order valence-corrected chi connectivity index (χ3v) is 12.4. The van der Waals surface area contributed by atoms with E-state index in [1.165, 1.54) is 48.5 Å². The average molecular weight is 654 g/mol. The van der Waals surface area contributed by atoms with Crippen LogP contribution in [0.2, 0.25) is 0 Å². The first-order valence-electron chi connectivity index (χ1n) is 14.0. The third kappa shape index (κ3) is 8.71. The summed E-state index contributed by atoms with van der Waals surface area (Å²) in [6.07, 6.45) is 4.77. The number of rotatable bonds is 11. The van der Waals surface area contributed by atoms with Gasteiger partial charge < -0.3 is 4.90 Å². The Kier molecular flexibility index (Phi) is 9.85. The lowest BCUT2D eigenvalue weighted by molar-refractivity contribution is 0.113. The number of sulfone groups is 3. The number of benzene rings is 3. The summed E-state index contributed by atoms with van der Waals surface area (Å²) in [7, 11) is -10.4. The van der Waals surface area contributed by atoms with Gasteiger partial charge >= 0.3 is 0 Å². The highest BCUT2D eigenvalue weighted by Crippen LogP contribution is 2.37. The minimum absolute atomic E-state index is 0.0432. The van der Waals surface area contributed by atoms with Gasteiger partial charge in [-0.3, -0.25) is 0 Å². The summed E-state index contributed by atoms with van der Waals surface area (Å²) in [6, 6.07) is 15.1. The Morgan fingerprint density at radius 2 is 1.19 bits per heavy atom. The van der Waals surface area contributed by atoms with E-state index in [0.29, 0.717) is 24.9 Å². The Morgan fingerprint density at radius 3 is 1.67 bits per heavy atom. The van der Waals surface area contributed by atoms with E-state index in [1.54, 1.807) is 12.1 Å². The topological polar surface area (TPSA) is 106 Å². The van der Waals surface area contributed by atoms with Crippen molar-refractivity contribution in [2.45, 2.75) is 53.2 Å². The summed E-state index contributed by atoms with van der Waals surface area (Å²) in [5, 5.41) is 0. The molecule has 1 aliphatic heterocycles. The Morgan fingerprint density at radius 1 is 0.721 bits per heavy atom. The molecular weight excluding hydrogens is 617 g/mol. The largest absolute Gasteiger partial charge is 0.303 e. The van der Waals surface area contributed by atoms with Crippen LogP contribution in [0.25, 0.3) is 0 Å². The zero-order chi connectivity index (χ0) is 31.6. The molecule has 0 radical (unpaired) electrons. The lowest BCUT2D eigenvalue weighted by Gasteiger charge is -2.40. The van der Waals surface area contributed by atoms with E-state index in [-0.39, 0.29) is 31.8 Å². The second kappa shape index (κ2) is 12.7. The molecule has 43 heavy (non-hydrogen) atoms. The van der Waals surface area contributed by atoms with Crippen LogP contribution in [0.1, 0.15) is 49.7 Å². The summed E-state index contributed by atoms with van der Waals surface area (Å²) in [6.45, 7) is 4.18. The normalized spacial score (nSPS) is 17.0. The van der Waals surface area contributed by atoms with Gasteiger partial charge in [-0.15, -0.1) is 0 Å². The van der Waals surface area contributed by atoms with Crippen LogP contribution in [-0.4, -0.2) is 68.1 Å². The summed E-state index contributed by atoms with van der Waals surface area (Å²) < 4.78 is 101. The van der Waals surface area contributed by atoms with Crippen molar-refractivity contribution in [1.29, 1.82) is 0 Å². The van der Waals surface area contributed by atoms with Gasteiger partial charge in [0.1, 0.15) is 11.6 Å². The van der Waals surface area contributed by atoms with Gasteiger partial charge in [0, 0.05) is 24.5 Å². The van der Waals surface area contributed by atoms with Crippen LogP contribution >= 0.6 is 0 Å². The van der Waals surface area contributed by atoms with Gasteiger partial charge in [-0.25, -0.2) is 34.0 Å². The molecule has 1 heterocycles. The molecule has 12 heteroatoms. The van der Waals surface area contributed by atoms with Crippen molar-refractivity contribution in [1.82, 2.24) is 4.90 Å². The van der Waals surface area contributed by atoms with E-state index >= 15 is 0 Å². The van der Waals surface area contributed by atoms with E-state index in [9.17, 15) is 34.0 Å². The van der Waals surface area contributed by atoms with E-state index < -0.39 is 41.1 Å². The van der Waals surface area contributed by atoms with Crippen LogP contribution in [0.3, 0.4) is 0 Å². The lowest BCUT2D eigenvalue weighted by Crippen LogP contribution is -2.40. The minimum Gasteiger partial charge on any atom is -0.303 e. The fourth-order valence-corrected chi connectivity index (χ4v) is 8.33. The van der Waals surface area contributed by atoms with Crippen molar-refractivity contribution in [2.24, 2.45) is 5.41 Å². The number of halogens is 2. The molecule has 3 aromatic rings. The molecule has 0 saturated carbocycles. The molecule has 7 nitrogen and oxygen atoms in total. The first-order valence-corrected chi connectivity index (χ1v) is 19.4. The average Bonchev–Trinajstić information content (AvgIpc) is 2.92. The second-order valence-corrected chi connectivity index (χ2v) is 18.0. The third-order valence-electron chi connectivity index (χ3n) is 8.38. The molecule has 3 aromatic carbocycles. The molecule has 1 fully saturated rings. The van der Waals surface area contributed by atoms with Crippen LogP contribution in [0.15, 0.2) is 81.4 Å². The summed E-state index contributed by atoms with van der Waals surface area (Å²) in [5.41, 5.74) is 1.04. The molecule has 0 amide bonds. The fraction of sp³-hybridized carbons (Fsp3) is 0.419. The van der Waals surface area contributed by atoms with E-state index in [4.69, 9.17) is 0 Å². The van der Waals surface area contributed by atoms with Gasteiger partial charge in [0.15, 0.2) is 29.5 Å². The van der Waals surface area contributed by atoms with Crippen molar-refractivity contribution in [3.63, 3.8) is 0 Å². The Balaban J connectivity index is 1.39. The van der Waals surface area contributed by atoms with Crippen LogP contribution in [-0.2, 0) is 29.5 Å². The molecule has 1 saturated heterocycles. The molecule has 1 aliphatic rings. The molecule has 1 atom stereocenters. The number of piperidine rings is 1. The highest BCUT2D eigenvalue weighted by Gasteiger charge is 2.32. The Hall–Kier alpha value is -2.67. The first kappa shape index (κ1) is 33.2. The number of nitrogens with zero attached hydrogens (tertiary/aromatic N) is 1.